The molecule has 8 heteroatoms. The second-order valence-electron chi connectivity index (χ2n) is 3.65. The highest BCUT2D eigenvalue weighted by molar-refractivity contribution is 6.32. The van der Waals surface area contributed by atoms with Gasteiger partial charge in [-0.1, -0.05) is 11.6 Å². The van der Waals surface area contributed by atoms with Crippen LogP contribution in [0.15, 0.2) is 36.5 Å². The second-order valence-corrected chi connectivity index (χ2v) is 4.06. The van der Waals surface area contributed by atoms with E-state index in [1.165, 1.54) is 36.5 Å². The molecule has 2 rings (SSSR count). The van der Waals surface area contributed by atoms with Crippen LogP contribution in [0.2, 0.25) is 5.02 Å². The first kappa shape index (κ1) is 13.8. The predicted molar refractivity (Wildman–Crippen MR) is 69.4 cm³/mol. The van der Waals surface area contributed by atoms with Crippen molar-refractivity contribution in [2.24, 2.45) is 0 Å². The third kappa shape index (κ3) is 3.01. The number of carboxylic acid groups (broad SMARTS) is 1. The lowest BCUT2D eigenvalue weighted by molar-refractivity contribution is -0.384. The summed E-state index contributed by atoms with van der Waals surface area (Å²) in [7, 11) is 0. The van der Waals surface area contributed by atoms with Crippen molar-refractivity contribution in [1.82, 2.24) is 4.98 Å². The van der Waals surface area contributed by atoms with Gasteiger partial charge in [0.1, 0.15) is 16.5 Å². The fourth-order valence-electron chi connectivity index (χ4n) is 1.43. The van der Waals surface area contributed by atoms with Crippen LogP contribution in [0.5, 0.6) is 11.5 Å². The van der Waals surface area contributed by atoms with E-state index < -0.39 is 10.9 Å². The number of ether oxygens (including phenoxy) is 1. The summed E-state index contributed by atoms with van der Waals surface area (Å²) in [6.45, 7) is 0. The van der Waals surface area contributed by atoms with E-state index >= 15 is 0 Å². The zero-order valence-corrected chi connectivity index (χ0v) is 10.6. The number of aromatic carboxylic acids is 1. The van der Waals surface area contributed by atoms with E-state index in [1.54, 1.807) is 0 Å². The fourth-order valence-corrected chi connectivity index (χ4v) is 1.67. The lowest BCUT2D eigenvalue weighted by Crippen LogP contribution is -1.99. The monoisotopic (exact) mass is 294 g/mol. The van der Waals surface area contributed by atoms with Crippen molar-refractivity contribution < 1.29 is 19.6 Å². The number of aromatic nitrogens is 1. The summed E-state index contributed by atoms with van der Waals surface area (Å²) in [5.41, 5.74) is -0.407. The maximum absolute atomic E-state index is 10.8. The minimum absolute atomic E-state index is 0.0694. The summed E-state index contributed by atoms with van der Waals surface area (Å²) in [4.78, 5) is 24.4. The topological polar surface area (TPSA) is 103 Å². The summed E-state index contributed by atoms with van der Waals surface area (Å²) in [5.74, 6) is -0.692. The molecule has 1 aromatic carbocycles. The average Bonchev–Trinajstić information content (AvgIpc) is 2.38. The number of nitro benzene ring substituents is 1. The summed E-state index contributed by atoms with van der Waals surface area (Å²) < 4.78 is 5.37. The van der Waals surface area contributed by atoms with Gasteiger partial charge < -0.3 is 9.84 Å². The highest BCUT2D eigenvalue weighted by Crippen LogP contribution is 2.30. The first-order valence-electron chi connectivity index (χ1n) is 5.28. The van der Waals surface area contributed by atoms with Crippen LogP contribution in [0.25, 0.3) is 0 Å². The molecule has 0 aliphatic rings. The largest absolute Gasteiger partial charge is 0.477 e. The van der Waals surface area contributed by atoms with E-state index in [0.717, 1.165) is 0 Å². The zero-order valence-electron chi connectivity index (χ0n) is 9.82. The van der Waals surface area contributed by atoms with E-state index in [4.69, 9.17) is 21.4 Å². The summed E-state index contributed by atoms with van der Waals surface area (Å²) in [5, 5.41) is 19.4. The van der Waals surface area contributed by atoms with Crippen LogP contribution in [-0.2, 0) is 0 Å². The molecule has 0 unspecified atom stereocenters. The van der Waals surface area contributed by atoms with Crippen LogP contribution in [0.4, 0.5) is 5.69 Å². The van der Waals surface area contributed by atoms with Crippen LogP contribution >= 0.6 is 11.6 Å². The molecule has 0 saturated carbocycles. The highest BCUT2D eigenvalue weighted by atomic mass is 35.5. The zero-order chi connectivity index (χ0) is 14.7. The fraction of sp³-hybridized carbons (Fsp3) is 0. The van der Waals surface area contributed by atoms with E-state index in [-0.39, 0.29) is 27.9 Å². The molecular weight excluding hydrogens is 288 g/mol. The maximum atomic E-state index is 10.8. The summed E-state index contributed by atoms with van der Waals surface area (Å²) in [6.07, 6.45) is 1.28. The Hall–Kier alpha value is -2.67. The number of nitrogens with zero attached hydrogens (tertiary/aromatic N) is 2. The molecule has 0 aliphatic carbocycles. The average molecular weight is 295 g/mol. The molecule has 20 heavy (non-hydrogen) atoms. The Bertz CT molecular complexity index is 689. The van der Waals surface area contributed by atoms with Gasteiger partial charge >= 0.3 is 5.97 Å². The van der Waals surface area contributed by atoms with E-state index in [2.05, 4.69) is 4.98 Å². The van der Waals surface area contributed by atoms with Gasteiger partial charge in [0, 0.05) is 24.4 Å². The molecule has 0 fully saturated rings. The molecule has 0 radical (unpaired) electrons. The van der Waals surface area contributed by atoms with Crippen molar-refractivity contribution >= 4 is 23.3 Å². The molecule has 2 aromatic rings. The van der Waals surface area contributed by atoms with Gasteiger partial charge in [0.15, 0.2) is 5.69 Å². The van der Waals surface area contributed by atoms with Gasteiger partial charge in [0.2, 0.25) is 0 Å². The van der Waals surface area contributed by atoms with Crippen molar-refractivity contribution in [3.8, 4) is 11.5 Å². The van der Waals surface area contributed by atoms with Crippen LogP contribution in [0.1, 0.15) is 10.5 Å². The first-order valence-corrected chi connectivity index (χ1v) is 5.66. The van der Waals surface area contributed by atoms with Gasteiger partial charge in [-0.2, -0.15) is 0 Å². The molecule has 1 aromatic heterocycles. The predicted octanol–water partition coefficient (Wildman–Crippen LogP) is 3.13. The standard InChI is InChI=1S/C12H7ClN2O5/c13-9-5-7(1-2-11(9)15(18)19)20-8-3-4-14-10(6-8)12(16)17/h1-6H,(H,16,17). The minimum Gasteiger partial charge on any atom is -0.477 e. The molecule has 0 bridgehead atoms. The van der Waals surface area contributed by atoms with Gasteiger partial charge in [-0.05, 0) is 12.1 Å². The lowest BCUT2D eigenvalue weighted by Gasteiger charge is -2.06. The van der Waals surface area contributed by atoms with Crippen molar-refractivity contribution in [3.05, 3.63) is 57.4 Å². The highest BCUT2D eigenvalue weighted by Gasteiger charge is 2.13. The number of pyridine rings is 1. The van der Waals surface area contributed by atoms with Crippen LogP contribution in [0, 0.1) is 10.1 Å². The Kier molecular flexibility index (Phi) is 3.81. The number of hydrogen-bond donors (Lipinski definition) is 1. The lowest BCUT2D eigenvalue weighted by atomic mass is 10.3. The smallest absolute Gasteiger partial charge is 0.354 e. The molecule has 0 amide bonds. The van der Waals surface area contributed by atoms with Gasteiger partial charge in [0.05, 0.1) is 4.92 Å². The second kappa shape index (κ2) is 5.54. The minimum atomic E-state index is -1.18. The molecule has 0 atom stereocenters. The molecule has 7 nitrogen and oxygen atoms in total. The van der Waals surface area contributed by atoms with Gasteiger partial charge in [0.25, 0.3) is 5.69 Å². The molecule has 102 valence electrons. The van der Waals surface area contributed by atoms with Crippen molar-refractivity contribution in [2.45, 2.75) is 0 Å². The molecule has 0 saturated heterocycles. The number of carboxylic acids is 1. The summed E-state index contributed by atoms with van der Waals surface area (Å²) in [6, 6.07) is 6.54. The van der Waals surface area contributed by atoms with Crippen molar-refractivity contribution in [2.75, 3.05) is 0 Å². The Morgan fingerprint density at radius 2 is 2.00 bits per heavy atom. The van der Waals surface area contributed by atoms with Gasteiger partial charge in [-0.15, -0.1) is 0 Å². The molecule has 1 heterocycles. The summed E-state index contributed by atoms with van der Waals surface area (Å²) >= 11 is 5.74. The number of halogens is 1. The normalized spacial score (nSPS) is 10.1. The molecule has 0 spiro atoms. The van der Waals surface area contributed by atoms with Gasteiger partial charge in [-0.25, -0.2) is 9.78 Å². The van der Waals surface area contributed by atoms with E-state index in [0.29, 0.717) is 0 Å². The van der Waals surface area contributed by atoms with Crippen LogP contribution in [0.3, 0.4) is 0 Å². The number of nitro groups is 1. The van der Waals surface area contributed by atoms with Crippen LogP contribution in [-0.4, -0.2) is 21.0 Å². The maximum Gasteiger partial charge on any atom is 0.354 e. The number of benzene rings is 1. The Balaban J connectivity index is 2.26. The van der Waals surface area contributed by atoms with E-state index in [9.17, 15) is 14.9 Å². The third-order valence-electron chi connectivity index (χ3n) is 2.30. The Labute approximate surface area is 117 Å². The van der Waals surface area contributed by atoms with Crippen LogP contribution < -0.4 is 4.74 Å². The number of rotatable bonds is 4. The van der Waals surface area contributed by atoms with Crippen molar-refractivity contribution in [1.29, 1.82) is 0 Å². The first-order chi connectivity index (χ1) is 9.47. The molecule has 1 N–H and O–H groups in total. The third-order valence-corrected chi connectivity index (χ3v) is 2.60. The van der Waals surface area contributed by atoms with Crippen molar-refractivity contribution in [3.63, 3.8) is 0 Å². The molecule has 0 aliphatic heterocycles. The quantitative estimate of drug-likeness (QED) is 0.686. The van der Waals surface area contributed by atoms with Gasteiger partial charge in [-0.3, -0.25) is 10.1 Å². The van der Waals surface area contributed by atoms with E-state index in [1.807, 2.05) is 0 Å². The molecular formula is C12H7ClN2O5. The number of carbonyl (C=O) groups is 1. The Morgan fingerprint density at radius 1 is 1.30 bits per heavy atom. The Morgan fingerprint density at radius 3 is 2.60 bits per heavy atom. The SMILES string of the molecule is O=C(O)c1cc(Oc2ccc([N+](=O)[O-])c(Cl)c2)ccn1. The number of hydrogen-bond acceptors (Lipinski definition) is 5.